The fourth-order valence-electron chi connectivity index (χ4n) is 2.11. The van der Waals surface area contributed by atoms with Crippen molar-refractivity contribution in [1.29, 1.82) is 0 Å². The molecule has 0 aromatic heterocycles. The molecule has 134 valence electrons. The summed E-state index contributed by atoms with van der Waals surface area (Å²) in [6, 6.07) is 15.3. The van der Waals surface area contributed by atoms with Gasteiger partial charge in [0.1, 0.15) is 0 Å². The molecule has 0 saturated carbocycles. The lowest BCUT2D eigenvalue weighted by Crippen LogP contribution is -2.32. The second-order valence-electron chi connectivity index (χ2n) is 5.72. The van der Waals surface area contributed by atoms with Crippen molar-refractivity contribution >= 4 is 35.1 Å². The summed E-state index contributed by atoms with van der Waals surface area (Å²) < 4.78 is 5.41. The maximum Gasteiger partial charge on any atom is 0.319 e. The smallest absolute Gasteiger partial charge is 0.319 e. The van der Waals surface area contributed by atoms with Crippen LogP contribution in [0.2, 0.25) is 5.02 Å². The Morgan fingerprint density at radius 1 is 1.20 bits per heavy atom. The quantitative estimate of drug-likeness (QED) is 0.491. The third-order valence-electron chi connectivity index (χ3n) is 3.26. The summed E-state index contributed by atoms with van der Waals surface area (Å²) in [7, 11) is 0. The number of amides is 2. The van der Waals surface area contributed by atoms with Gasteiger partial charge in [0.15, 0.2) is 0 Å². The van der Waals surface area contributed by atoms with Crippen LogP contribution in [0.15, 0.2) is 53.4 Å². The van der Waals surface area contributed by atoms with Crippen molar-refractivity contribution in [2.24, 2.45) is 0 Å². The Kier molecular flexibility index (Phi) is 8.12. The van der Waals surface area contributed by atoms with Crippen molar-refractivity contribution in [2.75, 3.05) is 18.5 Å². The van der Waals surface area contributed by atoms with E-state index in [2.05, 4.69) is 10.6 Å². The van der Waals surface area contributed by atoms with Crippen molar-refractivity contribution < 1.29 is 9.53 Å². The summed E-state index contributed by atoms with van der Waals surface area (Å²) in [4.78, 5) is 13.0. The van der Waals surface area contributed by atoms with E-state index in [1.54, 1.807) is 11.8 Å². The van der Waals surface area contributed by atoms with Gasteiger partial charge in [-0.3, -0.25) is 0 Å². The Morgan fingerprint density at radius 2 is 2.00 bits per heavy atom. The zero-order valence-electron chi connectivity index (χ0n) is 14.4. The summed E-state index contributed by atoms with van der Waals surface area (Å²) in [6.45, 7) is 4.90. The van der Waals surface area contributed by atoms with E-state index in [1.807, 2.05) is 62.4 Å². The number of nitrogens with one attached hydrogen (secondary N) is 2. The first-order chi connectivity index (χ1) is 12.0. The first-order valence-corrected chi connectivity index (χ1v) is 9.53. The average molecular weight is 379 g/mol. The van der Waals surface area contributed by atoms with Gasteiger partial charge in [-0.1, -0.05) is 35.9 Å². The molecule has 2 N–H and O–H groups in total. The van der Waals surface area contributed by atoms with Gasteiger partial charge in [0, 0.05) is 22.2 Å². The molecule has 0 spiro atoms. The van der Waals surface area contributed by atoms with E-state index < -0.39 is 0 Å². The minimum Gasteiger partial charge on any atom is -0.377 e. The Bertz CT molecular complexity index is 695. The summed E-state index contributed by atoms with van der Waals surface area (Å²) in [5, 5.41) is 6.42. The van der Waals surface area contributed by atoms with Gasteiger partial charge in [-0.2, -0.15) is 0 Å². The Balaban J connectivity index is 1.88. The second-order valence-corrected chi connectivity index (χ2v) is 7.17. The molecule has 2 aromatic carbocycles. The molecular weight excluding hydrogens is 356 g/mol. The van der Waals surface area contributed by atoms with Crippen LogP contribution in [0.5, 0.6) is 0 Å². The summed E-state index contributed by atoms with van der Waals surface area (Å²) in [5.74, 6) is 0.781. The van der Waals surface area contributed by atoms with Crippen LogP contribution in [0.1, 0.15) is 19.4 Å². The van der Waals surface area contributed by atoms with Crippen molar-refractivity contribution in [3.63, 3.8) is 0 Å². The second kappa shape index (κ2) is 10.3. The van der Waals surface area contributed by atoms with Gasteiger partial charge in [0.2, 0.25) is 0 Å². The fraction of sp³-hybridized carbons (Fsp3) is 0.316. The Labute approximate surface area is 158 Å². The standard InChI is InChI=1S/C19H23ClN2O2S/c1-14(2)24-11-10-21-19(23)22-17-8-3-4-9-18(17)25-13-15-6-5-7-16(20)12-15/h3-9,12,14H,10-11,13H2,1-2H3,(H2,21,22,23). The van der Waals surface area contributed by atoms with Crippen LogP contribution in [-0.4, -0.2) is 25.3 Å². The molecule has 0 bridgehead atoms. The van der Waals surface area contributed by atoms with Gasteiger partial charge in [0.25, 0.3) is 0 Å². The third kappa shape index (κ3) is 7.38. The van der Waals surface area contributed by atoms with E-state index in [0.717, 1.165) is 26.9 Å². The molecule has 4 nitrogen and oxygen atoms in total. The van der Waals surface area contributed by atoms with Crippen LogP contribution in [0.25, 0.3) is 0 Å². The zero-order chi connectivity index (χ0) is 18.1. The van der Waals surface area contributed by atoms with Crippen LogP contribution >= 0.6 is 23.4 Å². The van der Waals surface area contributed by atoms with Gasteiger partial charge >= 0.3 is 6.03 Å². The zero-order valence-corrected chi connectivity index (χ0v) is 16.0. The number of urea groups is 1. The van der Waals surface area contributed by atoms with E-state index in [9.17, 15) is 4.79 Å². The van der Waals surface area contributed by atoms with Crippen molar-refractivity contribution in [1.82, 2.24) is 5.32 Å². The summed E-state index contributed by atoms with van der Waals surface area (Å²) >= 11 is 7.68. The molecule has 0 radical (unpaired) electrons. The molecule has 0 aliphatic rings. The van der Waals surface area contributed by atoms with Crippen molar-refractivity contribution in [2.45, 2.75) is 30.6 Å². The molecule has 0 atom stereocenters. The van der Waals surface area contributed by atoms with Crippen LogP contribution in [0.3, 0.4) is 0 Å². The lowest BCUT2D eigenvalue weighted by Gasteiger charge is -2.12. The monoisotopic (exact) mass is 378 g/mol. The lowest BCUT2D eigenvalue weighted by atomic mass is 10.2. The highest BCUT2D eigenvalue weighted by Gasteiger charge is 2.07. The van der Waals surface area contributed by atoms with E-state index >= 15 is 0 Å². The molecule has 0 unspecified atom stereocenters. The largest absolute Gasteiger partial charge is 0.377 e. The van der Waals surface area contributed by atoms with E-state index in [0.29, 0.717) is 13.2 Å². The highest BCUT2D eigenvalue weighted by Crippen LogP contribution is 2.30. The van der Waals surface area contributed by atoms with Crippen LogP contribution in [0.4, 0.5) is 10.5 Å². The molecule has 0 aliphatic heterocycles. The first-order valence-electron chi connectivity index (χ1n) is 8.17. The van der Waals surface area contributed by atoms with Crippen molar-refractivity contribution in [3.8, 4) is 0 Å². The van der Waals surface area contributed by atoms with E-state index in [4.69, 9.17) is 16.3 Å². The number of ether oxygens (including phenoxy) is 1. The van der Waals surface area contributed by atoms with E-state index in [1.165, 1.54) is 0 Å². The van der Waals surface area contributed by atoms with Gasteiger partial charge in [-0.15, -0.1) is 11.8 Å². The number of hydrogen-bond acceptors (Lipinski definition) is 3. The van der Waals surface area contributed by atoms with Gasteiger partial charge in [-0.25, -0.2) is 4.79 Å². The van der Waals surface area contributed by atoms with Crippen LogP contribution in [-0.2, 0) is 10.5 Å². The molecule has 0 aliphatic carbocycles. The van der Waals surface area contributed by atoms with Crippen LogP contribution < -0.4 is 10.6 Å². The number of halogens is 1. The first kappa shape index (κ1) is 19.6. The lowest BCUT2D eigenvalue weighted by molar-refractivity contribution is 0.0820. The molecular formula is C19H23ClN2O2S. The van der Waals surface area contributed by atoms with Gasteiger partial charge in [0.05, 0.1) is 18.4 Å². The van der Waals surface area contributed by atoms with Crippen molar-refractivity contribution in [3.05, 3.63) is 59.1 Å². The number of carbonyl (C=O) groups excluding carboxylic acids is 1. The Morgan fingerprint density at radius 3 is 2.76 bits per heavy atom. The number of carbonyl (C=O) groups is 1. The molecule has 2 aromatic rings. The molecule has 2 amide bonds. The maximum atomic E-state index is 12.0. The molecule has 0 fully saturated rings. The van der Waals surface area contributed by atoms with Crippen LogP contribution in [0, 0.1) is 0 Å². The summed E-state index contributed by atoms with van der Waals surface area (Å²) in [5.41, 5.74) is 1.93. The average Bonchev–Trinajstić information content (AvgIpc) is 2.58. The van der Waals surface area contributed by atoms with Gasteiger partial charge < -0.3 is 15.4 Å². The number of rotatable bonds is 8. The predicted octanol–water partition coefficient (Wildman–Crippen LogP) is 5.18. The number of anilines is 1. The molecule has 0 heterocycles. The highest BCUT2D eigenvalue weighted by atomic mass is 35.5. The third-order valence-corrected chi connectivity index (χ3v) is 4.64. The minimum absolute atomic E-state index is 0.161. The maximum absolute atomic E-state index is 12.0. The minimum atomic E-state index is -0.233. The number of thioether (sulfide) groups is 1. The molecule has 2 rings (SSSR count). The number of benzene rings is 2. The topological polar surface area (TPSA) is 50.4 Å². The molecule has 6 heteroatoms. The Hall–Kier alpha value is -1.69. The van der Waals surface area contributed by atoms with E-state index in [-0.39, 0.29) is 12.1 Å². The normalized spacial score (nSPS) is 10.7. The van der Waals surface area contributed by atoms with Gasteiger partial charge in [-0.05, 0) is 43.7 Å². The highest BCUT2D eigenvalue weighted by molar-refractivity contribution is 7.98. The fourth-order valence-corrected chi connectivity index (χ4v) is 3.27. The number of hydrogen-bond donors (Lipinski definition) is 2. The molecule has 25 heavy (non-hydrogen) atoms. The number of para-hydroxylation sites is 1. The SMILES string of the molecule is CC(C)OCCNC(=O)Nc1ccccc1SCc1cccc(Cl)c1. The molecule has 0 saturated heterocycles. The predicted molar refractivity (Wildman–Crippen MR) is 106 cm³/mol. The summed E-state index contributed by atoms with van der Waals surface area (Å²) in [6.07, 6.45) is 0.161.